The van der Waals surface area contributed by atoms with Crippen LogP contribution >= 0.6 is 0 Å². The van der Waals surface area contributed by atoms with Gasteiger partial charge in [-0.3, -0.25) is 25.4 Å². The fourth-order valence-electron chi connectivity index (χ4n) is 2.17. The lowest BCUT2D eigenvalue weighted by Gasteiger charge is -2.05. The summed E-state index contributed by atoms with van der Waals surface area (Å²) in [7, 11) is 0. The first-order valence-electron chi connectivity index (χ1n) is 7.22. The number of amides is 2. The molecule has 0 spiro atoms. The van der Waals surface area contributed by atoms with E-state index in [0.29, 0.717) is 17.2 Å². The third-order valence-corrected chi connectivity index (χ3v) is 3.22. The van der Waals surface area contributed by atoms with Gasteiger partial charge in [0.15, 0.2) is 5.82 Å². The molecule has 2 N–H and O–H groups in total. The fraction of sp³-hybridized carbons (Fsp3) is 0.200. The second-order valence-electron chi connectivity index (χ2n) is 5.20. The lowest BCUT2D eigenvalue weighted by atomic mass is 10.3. The summed E-state index contributed by atoms with van der Waals surface area (Å²) in [6.45, 7) is 3.75. The van der Waals surface area contributed by atoms with Crippen molar-refractivity contribution in [2.45, 2.75) is 20.3 Å². The first-order chi connectivity index (χ1) is 11.5. The van der Waals surface area contributed by atoms with Crippen molar-refractivity contribution in [1.82, 2.24) is 35.4 Å². The number of aryl methyl sites for hydroxylation is 2. The third kappa shape index (κ3) is 3.35. The minimum Gasteiger partial charge on any atom is -0.273 e. The zero-order valence-corrected chi connectivity index (χ0v) is 13.1. The van der Waals surface area contributed by atoms with E-state index in [1.807, 2.05) is 19.9 Å². The molecule has 3 aromatic heterocycles. The molecule has 0 aliphatic rings. The summed E-state index contributed by atoms with van der Waals surface area (Å²) in [5.74, 6) is -0.121. The van der Waals surface area contributed by atoms with Gasteiger partial charge in [0.2, 0.25) is 5.91 Å². The van der Waals surface area contributed by atoms with Crippen LogP contribution in [0.5, 0.6) is 0 Å². The van der Waals surface area contributed by atoms with Crippen LogP contribution in [-0.4, -0.2) is 36.4 Å². The van der Waals surface area contributed by atoms with Crippen molar-refractivity contribution in [2.24, 2.45) is 0 Å². The Kier molecular flexibility index (Phi) is 4.15. The molecule has 0 atom stereocenters. The van der Waals surface area contributed by atoms with Gasteiger partial charge in [-0.25, -0.2) is 9.50 Å². The Morgan fingerprint density at radius 2 is 2.04 bits per heavy atom. The number of aromatic nitrogens is 5. The Morgan fingerprint density at radius 3 is 2.79 bits per heavy atom. The normalized spacial score (nSPS) is 10.6. The van der Waals surface area contributed by atoms with Gasteiger partial charge in [0, 0.05) is 23.8 Å². The number of fused-ring (bicyclic) bond motifs is 1. The van der Waals surface area contributed by atoms with Gasteiger partial charge in [-0.1, -0.05) is 0 Å². The summed E-state index contributed by atoms with van der Waals surface area (Å²) < 4.78 is 1.57. The number of carbonyl (C=O) groups excluding carboxylic acids is 2. The van der Waals surface area contributed by atoms with Crippen LogP contribution in [0.4, 0.5) is 0 Å². The van der Waals surface area contributed by atoms with Gasteiger partial charge in [0.05, 0.1) is 12.0 Å². The molecule has 0 saturated carbocycles. The van der Waals surface area contributed by atoms with E-state index >= 15 is 0 Å². The summed E-state index contributed by atoms with van der Waals surface area (Å²) >= 11 is 0. The molecule has 3 aromatic rings. The van der Waals surface area contributed by atoms with Crippen LogP contribution < -0.4 is 10.9 Å². The highest BCUT2D eigenvalue weighted by Crippen LogP contribution is 2.05. The van der Waals surface area contributed by atoms with Crippen molar-refractivity contribution < 1.29 is 9.59 Å². The van der Waals surface area contributed by atoms with Gasteiger partial charge in [-0.15, -0.1) is 5.10 Å². The number of rotatable bonds is 3. The monoisotopic (exact) mass is 325 g/mol. The maximum atomic E-state index is 11.9. The van der Waals surface area contributed by atoms with E-state index in [1.54, 1.807) is 22.8 Å². The molecule has 2 amide bonds. The topological polar surface area (TPSA) is 114 Å². The van der Waals surface area contributed by atoms with Crippen molar-refractivity contribution in [3.8, 4) is 0 Å². The average Bonchev–Trinajstić information content (AvgIpc) is 2.96. The summed E-state index contributed by atoms with van der Waals surface area (Å²) in [5, 5.41) is 4.24. The Morgan fingerprint density at radius 1 is 1.21 bits per heavy atom. The van der Waals surface area contributed by atoms with Crippen LogP contribution in [0, 0.1) is 13.8 Å². The lowest BCUT2D eigenvalue weighted by molar-refractivity contribution is -0.121. The second-order valence-corrected chi connectivity index (χ2v) is 5.20. The molecule has 0 unspecified atom stereocenters. The molecule has 122 valence electrons. The van der Waals surface area contributed by atoms with E-state index in [2.05, 4.69) is 30.9 Å². The number of nitrogens with zero attached hydrogens (tertiary/aromatic N) is 5. The zero-order chi connectivity index (χ0) is 17.1. The molecule has 3 rings (SSSR count). The van der Waals surface area contributed by atoms with Crippen molar-refractivity contribution in [2.75, 3.05) is 0 Å². The van der Waals surface area contributed by atoms with E-state index in [0.717, 1.165) is 11.4 Å². The second kappa shape index (κ2) is 6.41. The van der Waals surface area contributed by atoms with Gasteiger partial charge in [0.1, 0.15) is 0 Å². The van der Waals surface area contributed by atoms with Gasteiger partial charge < -0.3 is 0 Å². The highest BCUT2D eigenvalue weighted by atomic mass is 16.2. The molecular formula is C15H15N7O2. The smallest absolute Gasteiger partial charge is 0.271 e. The number of nitrogens with one attached hydrogen (secondary N) is 2. The van der Waals surface area contributed by atoms with Crippen molar-refractivity contribution in [3.05, 3.63) is 53.4 Å². The first-order valence-corrected chi connectivity index (χ1v) is 7.22. The van der Waals surface area contributed by atoms with Gasteiger partial charge >= 0.3 is 0 Å². The average molecular weight is 325 g/mol. The maximum absolute atomic E-state index is 11.9. The molecule has 0 bridgehead atoms. The van der Waals surface area contributed by atoms with E-state index in [1.165, 1.54) is 6.20 Å². The molecule has 9 nitrogen and oxygen atoms in total. The predicted octanol–water partition coefficient (Wildman–Crippen LogP) is 0.140. The minimum absolute atomic E-state index is 0.0742. The molecule has 0 aliphatic heterocycles. The third-order valence-electron chi connectivity index (χ3n) is 3.22. The van der Waals surface area contributed by atoms with Crippen molar-refractivity contribution in [3.63, 3.8) is 0 Å². The Balaban J connectivity index is 1.63. The van der Waals surface area contributed by atoms with Gasteiger partial charge in [-0.05, 0) is 32.0 Å². The molecular weight excluding hydrogens is 310 g/mol. The van der Waals surface area contributed by atoms with Crippen molar-refractivity contribution in [1.29, 1.82) is 0 Å². The van der Waals surface area contributed by atoms with E-state index in [-0.39, 0.29) is 6.42 Å². The Hall–Kier alpha value is -3.36. The molecule has 0 radical (unpaired) electrons. The summed E-state index contributed by atoms with van der Waals surface area (Å²) in [5.41, 5.74) is 6.69. The SMILES string of the molecule is Cc1cc(C)n2nc(CC(=O)NNC(=O)c3cccnc3)nc2n1. The molecule has 3 heterocycles. The van der Waals surface area contributed by atoms with Crippen LogP contribution in [0.15, 0.2) is 30.6 Å². The quantitative estimate of drug-likeness (QED) is 0.662. The number of hydrogen-bond acceptors (Lipinski definition) is 6. The number of hydrogen-bond donors (Lipinski definition) is 2. The predicted molar refractivity (Wildman–Crippen MR) is 83.8 cm³/mol. The largest absolute Gasteiger partial charge is 0.273 e. The van der Waals surface area contributed by atoms with Crippen LogP contribution in [0.1, 0.15) is 27.6 Å². The lowest BCUT2D eigenvalue weighted by Crippen LogP contribution is -2.42. The van der Waals surface area contributed by atoms with Crippen LogP contribution in [0.25, 0.3) is 5.78 Å². The zero-order valence-electron chi connectivity index (χ0n) is 13.1. The summed E-state index contributed by atoms with van der Waals surface area (Å²) in [6, 6.07) is 5.10. The fourth-order valence-corrected chi connectivity index (χ4v) is 2.17. The van der Waals surface area contributed by atoms with E-state index < -0.39 is 11.8 Å². The molecule has 9 heteroatoms. The summed E-state index contributed by atoms with van der Waals surface area (Å²) in [4.78, 5) is 36.1. The number of pyridine rings is 1. The van der Waals surface area contributed by atoms with E-state index in [4.69, 9.17) is 0 Å². The number of hydrazine groups is 1. The van der Waals surface area contributed by atoms with Gasteiger partial charge in [0.25, 0.3) is 11.7 Å². The molecule has 0 aliphatic carbocycles. The maximum Gasteiger partial charge on any atom is 0.271 e. The standard InChI is InChI=1S/C15H15N7O2/c1-9-6-10(2)22-15(17-9)18-12(21-22)7-13(23)19-20-14(24)11-4-3-5-16-8-11/h3-6,8H,7H2,1-2H3,(H,19,23)(H,20,24). The number of carbonyl (C=O) groups is 2. The highest BCUT2D eigenvalue weighted by molar-refractivity contribution is 5.95. The van der Waals surface area contributed by atoms with E-state index in [9.17, 15) is 9.59 Å². The highest BCUT2D eigenvalue weighted by Gasteiger charge is 2.13. The molecule has 0 fully saturated rings. The van der Waals surface area contributed by atoms with Crippen LogP contribution in [0.2, 0.25) is 0 Å². The Bertz CT molecular complexity index is 905. The molecule has 24 heavy (non-hydrogen) atoms. The minimum atomic E-state index is -0.451. The van der Waals surface area contributed by atoms with Crippen molar-refractivity contribution >= 4 is 17.6 Å². The first kappa shape index (κ1) is 15.5. The summed E-state index contributed by atoms with van der Waals surface area (Å²) in [6.07, 6.45) is 2.89. The van der Waals surface area contributed by atoms with Crippen LogP contribution in [-0.2, 0) is 11.2 Å². The Labute approximate surface area is 137 Å². The van der Waals surface area contributed by atoms with Crippen LogP contribution in [0.3, 0.4) is 0 Å². The van der Waals surface area contributed by atoms with Gasteiger partial charge in [-0.2, -0.15) is 4.98 Å². The molecule has 0 saturated heterocycles. The molecule has 0 aromatic carbocycles.